The molecule has 0 amide bonds. The summed E-state index contributed by atoms with van der Waals surface area (Å²) in [6, 6.07) is 4.72. The van der Waals surface area contributed by atoms with E-state index in [1.165, 1.54) is 17.7 Å². The van der Waals surface area contributed by atoms with Crippen LogP contribution in [0, 0.1) is 0 Å². The van der Waals surface area contributed by atoms with Gasteiger partial charge in [-0.3, -0.25) is 14.6 Å². The van der Waals surface area contributed by atoms with E-state index in [4.69, 9.17) is 4.99 Å². The third-order valence-electron chi connectivity index (χ3n) is 5.46. The van der Waals surface area contributed by atoms with Crippen molar-refractivity contribution in [2.75, 3.05) is 44.6 Å². The molecule has 0 aromatic carbocycles. The predicted octanol–water partition coefficient (Wildman–Crippen LogP) is 2.23. The van der Waals surface area contributed by atoms with Crippen molar-refractivity contribution < 1.29 is 0 Å². The van der Waals surface area contributed by atoms with Gasteiger partial charge >= 0.3 is 0 Å². The lowest BCUT2D eigenvalue weighted by molar-refractivity contribution is 0.255. The molecular formula is C21H31N9S. The van der Waals surface area contributed by atoms with E-state index in [0.717, 1.165) is 55.5 Å². The van der Waals surface area contributed by atoms with E-state index in [1.807, 2.05) is 18.4 Å². The Morgan fingerprint density at radius 2 is 2.10 bits per heavy atom. The molecule has 4 rings (SSSR count). The Morgan fingerprint density at radius 3 is 2.87 bits per heavy atom. The van der Waals surface area contributed by atoms with Crippen molar-refractivity contribution in [3.8, 4) is 0 Å². The highest BCUT2D eigenvalue weighted by Gasteiger charge is 2.24. The van der Waals surface area contributed by atoms with Gasteiger partial charge in [-0.1, -0.05) is 6.07 Å². The molecule has 4 heterocycles. The second kappa shape index (κ2) is 10.5. The number of guanidine groups is 1. The molecule has 0 bridgehead atoms. The first-order valence-electron chi connectivity index (χ1n) is 10.9. The zero-order chi connectivity index (χ0) is 21.5. The van der Waals surface area contributed by atoms with Crippen molar-refractivity contribution in [1.82, 2.24) is 35.3 Å². The van der Waals surface area contributed by atoms with Crippen LogP contribution in [0.1, 0.15) is 30.7 Å². The molecule has 0 saturated carbocycles. The summed E-state index contributed by atoms with van der Waals surface area (Å²) in [6.07, 6.45) is 5.92. The molecule has 9 nitrogen and oxygen atoms in total. The van der Waals surface area contributed by atoms with Gasteiger partial charge in [0.2, 0.25) is 0 Å². The minimum Gasteiger partial charge on any atom is -0.368 e. The van der Waals surface area contributed by atoms with E-state index in [-0.39, 0.29) is 0 Å². The Labute approximate surface area is 187 Å². The lowest BCUT2D eigenvalue weighted by Crippen LogP contribution is -2.40. The molecule has 1 saturated heterocycles. The van der Waals surface area contributed by atoms with Gasteiger partial charge in [-0.05, 0) is 44.3 Å². The number of hydrogen-bond acceptors (Lipinski definition) is 7. The lowest BCUT2D eigenvalue weighted by Gasteiger charge is -2.25. The number of nitrogens with one attached hydrogen (secondary N) is 3. The predicted molar refractivity (Wildman–Crippen MR) is 127 cm³/mol. The maximum atomic E-state index is 4.90. The van der Waals surface area contributed by atoms with Crippen molar-refractivity contribution in [3.05, 3.63) is 34.9 Å². The van der Waals surface area contributed by atoms with Gasteiger partial charge in [0.15, 0.2) is 11.6 Å². The van der Waals surface area contributed by atoms with Crippen LogP contribution in [0.25, 0.3) is 11.0 Å². The summed E-state index contributed by atoms with van der Waals surface area (Å²) in [4.78, 5) is 17.5. The minimum atomic E-state index is 0.357. The van der Waals surface area contributed by atoms with E-state index in [9.17, 15) is 0 Å². The molecule has 1 unspecified atom stereocenters. The second-order valence-electron chi connectivity index (χ2n) is 7.58. The van der Waals surface area contributed by atoms with Crippen molar-refractivity contribution in [2.45, 2.75) is 25.8 Å². The quantitative estimate of drug-likeness (QED) is 0.266. The lowest BCUT2D eigenvalue weighted by atomic mass is 10.2. The fraction of sp³-hybridized carbons (Fsp3) is 0.524. The molecule has 0 aliphatic carbocycles. The first kappa shape index (κ1) is 21.5. The van der Waals surface area contributed by atoms with Crippen LogP contribution in [0.4, 0.5) is 5.82 Å². The number of aromatic nitrogens is 4. The highest BCUT2D eigenvalue weighted by Crippen LogP contribution is 2.28. The van der Waals surface area contributed by atoms with E-state index in [0.29, 0.717) is 12.6 Å². The zero-order valence-electron chi connectivity index (χ0n) is 18.2. The summed E-state index contributed by atoms with van der Waals surface area (Å²) >= 11 is 1.82. The van der Waals surface area contributed by atoms with Crippen LogP contribution in [0.3, 0.4) is 0 Å². The van der Waals surface area contributed by atoms with E-state index < -0.39 is 0 Å². The topological polar surface area (TPSA) is 95.3 Å². The number of hydrogen-bond donors (Lipinski definition) is 3. The maximum Gasteiger partial charge on any atom is 0.191 e. The van der Waals surface area contributed by atoms with Crippen molar-refractivity contribution in [1.29, 1.82) is 0 Å². The minimum absolute atomic E-state index is 0.357. The number of likely N-dealkylation sites (tertiary alicyclic amines) is 1. The third kappa shape index (κ3) is 5.31. The molecule has 0 spiro atoms. The monoisotopic (exact) mass is 441 g/mol. The van der Waals surface area contributed by atoms with Gasteiger partial charge in [0.1, 0.15) is 12.1 Å². The summed E-state index contributed by atoms with van der Waals surface area (Å²) in [5.74, 6) is 1.65. The maximum absolute atomic E-state index is 4.90. The van der Waals surface area contributed by atoms with Crippen LogP contribution >= 0.6 is 11.3 Å². The Bertz CT molecular complexity index is 976. The second-order valence-corrected chi connectivity index (χ2v) is 8.55. The van der Waals surface area contributed by atoms with Gasteiger partial charge in [-0.15, -0.1) is 11.3 Å². The summed E-state index contributed by atoms with van der Waals surface area (Å²) in [5, 5.41) is 17.5. The van der Waals surface area contributed by atoms with Crippen LogP contribution in [0.5, 0.6) is 0 Å². The zero-order valence-corrected chi connectivity index (χ0v) is 19.0. The Hall–Kier alpha value is -2.72. The molecule has 31 heavy (non-hydrogen) atoms. The molecule has 166 valence electrons. The third-order valence-corrected chi connectivity index (χ3v) is 6.43. The molecule has 1 aliphatic rings. The highest BCUT2D eigenvalue weighted by molar-refractivity contribution is 7.10. The number of nitrogens with zero attached hydrogens (tertiary/aromatic N) is 6. The SMILES string of the molecule is CCNC(=NCC(c1cccs1)N1CCCC1)NCCNc1ncnc2c1cnn2C. The number of aryl methyl sites for hydroxylation is 1. The van der Waals surface area contributed by atoms with Gasteiger partial charge in [0.25, 0.3) is 0 Å². The number of aliphatic imine (C=N–C) groups is 1. The summed E-state index contributed by atoms with van der Waals surface area (Å²) < 4.78 is 1.75. The summed E-state index contributed by atoms with van der Waals surface area (Å²) in [7, 11) is 1.88. The smallest absolute Gasteiger partial charge is 0.191 e. The van der Waals surface area contributed by atoms with E-state index in [1.54, 1.807) is 17.2 Å². The van der Waals surface area contributed by atoms with Crippen LogP contribution in [0.15, 0.2) is 35.0 Å². The van der Waals surface area contributed by atoms with Crippen LogP contribution in [-0.2, 0) is 7.05 Å². The molecule has 3 N–H and O–H groups in total. The Balaban J connectivity index is 1.34. The van der Waals surface area contributed by atoms with Gasteiger partial charge < -0.3 is 16.0 Å². The fourth-order valence-electron chi connectivity index (χ4n) is 3.90. The number of anilines is 1. The molecule has 3 aromatic heterocycles. The first-order valence-corrected chi connectivity index (χ1v) is 11.8. The number of thiophene rings is 1. The molecule has 1 fully saturated rings. The van der Waals surface area contributed by atoms with Crippen LogP contribution in [-0.4, -0.2) is 69.9 Å². The fourth-order valence-corrected chi connectivity index (χ4v) is 4.76. The van der Waals surface area contributed by atoms with Crippen molar-refractivity contribution in [3.63, 3.8) is 0 Å². The Kier molecular flexibility index (Phi) is 7.31. The van der Waals surface area contributed by atoms with Gasteiger partial charge in [-0.25, -0.2) is 9.97 Å². The molecule has 3 aromatic rings. The van der Waals surface area contributed by atoms with Gasteiger partial charge in [0, 0.05) is 31.6 Å². The average Bonchev–Trinajstić information content (AvgIpc) is 3.55. The van der Waals surface area contributed by atoms with Crippen LogP contribution in [0.2, 0.25) is 0 Å². The number of fused-ring (bicyclic) bond motifs is 1. The van der Waals surface area contributed by atoms with Crippen LogP contribution < -0.4 is 16.0 Å². The van der Waals surface area contributed by atoms with E-state index >= 15 is 0 Å². The molecule has 1 aliphatic heterocycles. The summed E-state index contributed by atoms with van der Waals surface area (Å²) in [6.45, 7) is 7.44. The Morgan fingerprint density at radius 1 is 1.23 bits per heavy atom. The van der Waals surface area contributed by atoms with E-state index in [2.05, 4.69) is 60.4 Å². The standard InChI is InChI=1S/C21H31N9S/c1-3-22-21(25-14-17(18-7-6-12-31-18)30-10-4-5-11-30)24-9-8-23-19-16-13-28-29(2)20(16)27-15-26-19/h6-7,12-13,15,17H,3-5,8-11,14H2,1-2H3,(H2,22,24,25)(H,23,26,27). The molecule has 0 radical (unpaired) electrons. The van der Waals surface area contributed by atoms with Gasteiger partial charge in [0.05, 0.1) is 24.2 Å². The summed E-state index contributed by atoms with van der Waals surface area (Å²) in [5.41, 5.74) is 0.821. The number of rotatable bonds is 9. The first-order chi connectivity index (χ1) is 15.3. The molecule has 10 heteroatoms. The van der Waals surface area contributed by atoms with Gasteiger partial charge in [-0.2, -0.15) is 5.10 Å². The normalized spacial score (nSPS) is 16.0. The largest absolute Gasteiger partial charge is 0.368 e. The van der Waals surface area contributed by atoms with Crippen molar-refractivity contribution >= 4 is 34.1 Å². The highest BCUT2D eigenvalue weighted by atomic mass is 32.1. The molecular weight excluding hydrogens is 410 g/mol. The average molecular weight is 442 g/mol. The van der Waals surface area contributed by atoms with Crippen molar-refractivity contribution in [2.24, 2.45) is 12.0 Å². The molecule has 1 atom stereocenters.